The molecule has 0 N–H and O–H groups in total. The van der Waals surface area contributed by atoms with Gasteiger partial charge in [0, 0.05) is 5.54 Å². The highest BCUT2D eigenvalue weighted by Gasteiger charge is 2.38. The van der Waals surface area contributed by atoms with Crippen molar-refractivity contribution in [2.75, 3.05) is 14.1 Å². The second-order valence-corrected chi connectivity index (χ2v) is 6.82. The van der Waals surface area contributed by atoms with E-state index in [1.165, 1.54) is 37.7 Å². The molecule has 0 bridgehead atoms. The fourth-order valence-corrected chi connectivity index (χ4v) is 3.63. The predicted molar refractivity (Wildman–Crippen MR) is 84.1 cm³/mol. The van der Waals surface area contributed by atoms with Gasteiger partial charge in [-0.3, -0.25) is 4.90 Å². The summed E-state index contributed by atoms with van der Waals surface area (Å²) >= 11 is 12.3. The van der Waals surface area contributed by atoms with Crippen molar-refractivity contribution in [3.63, 3.8) is 0 Å². The molecule has 1 fully saturated rings. The van der Waals surface area contributed by atoms with Gasteiger partial charge in [0.15, 0.2) is 0 Å². The first-order chi connectivity index (χ1) is 8.96. The molecule has 1 saturated carbocycles. The first kappa shape index (κ1) is 15.2. The lowest BCUT2D eigenvalue weighted by Gasteiger charge is -2.45. The highest BCUT2D eigenvalue weighted by Crippen LogP contribution is 2.43. The van der Waals surface area contributed by atoms with Crippen LogP contribution in [0.5, 0.6) is 0 Å². The molecule has 1 aromatic carbocycles. The maximum Gasteiger partial charge on any atom is 0.0595 e. The molecule has 1 aliphatic carbocycles. The normalized spacial score (nSPS) is 20.5. The van der Waals surface area contributed by atoms with Crippen molar-refractivity contribution in [3.8, 4) is 0 Å². The first-order valence-electron chi connectivity index (χ1n) is 7.09. The number of halogens is 2. The molecule has 0 amide bonds. The summed E-state index contributed by atoms with van der Waals surface area (Å²) < 4.78 is 0. The Kier molecular flexibility index (Phi) is 4.81. The maximum absolute atomic E-state index is 6.21. The Bertz CT molecular complexity index is 438. The first-order valence-corrected chi connectivity index (χ1v) is 7.85. The van der Waals surface area contributed by atoms with Crippen LogP contribution in [-0.4, -0.2) is 19.0 Å². The zero-order valence-corrected chi connectivity index (χ0v) is 13.6. The van der Waals surface area contributed by atoms with Crippen LogP contribution >= 0.6 is 23.2 Å². The van der Waals surface area contributed by atoms with Crippen molar-refractivity contribution in [3.05, 3.63) is 33.8 Å². The van der Waals surface area contributed by atoms with E-state index in [2.05, 4.69) is 32.0 Å². The molecule has 2 rings (SSSR count). The van der Waals surface area contributed by atoms with E-state index in [9.17, 15) is 0 Å². The molecule has 19 heavy (non-hydrogen) atoms. The molecule has 1 unspecified atom stereocenters. The molecule has 0 aliphatic heterocycles. The summed E-state index contributed by atoms with van der Waals surface area (Å²) in [6, 6.07) is 6.09. The highest BCUT2D eigenvalue weighted by molar-refractivity contribution is 6.42. The third-order valence-electron chi connectivity index (χ3n) is 4.83. The zero-order valence-electron chi connectivity index (χ0n) is 12.0. The van der Waals surface area contributed by atoms with Crippen molar-refractivity contribution < 1.29 is 0 Å². The van der Waals surface area contributed by atoms with E-state index in [4.69, 9.17) is 23.2 Å². The number of hydrogen-bond acceptors (Lipinski definition) is 1. The molecule has 0 saturated heterocycles. The van der Waals surface area contributed by atoms with Gasteiger partial charge in [0.2, 0.25) is 0 Å². The molecular formula is C16H23Cl2N. The lowest BCUT2D eigenvalue weighted by Crippen LogP contribution is -2.45. The topological polar surface area (TPSA) is 3.24 Å². The van der Waals surface area contributed by atoms with Crippen LogP contribution in [0.2, 0.25) is 10.0 Å². The van der Waals surface area contributed by atoms with Crippen LogP contribution in [0.4, 0.5) is 0 Å². The van der Waals surface area contributed by atoms with Gasteiger partial charge in [-0.15, -0.1) is 0 Å². The fraction of sp³-hybridized carbons (Fsp3) is 0.625. The molecule has 0 radical (unpaired) electrons. The van der Waals surface area contributed by atoms with Gasteiger partial charge in [0.25, 0.3) is 0 Å². The fourth-order valence-electron chi connectivity index (χ4n) is 3.33. The summed E-state index contributed by atoms with van der Waals surface area (Å²) in [6.07, 6.45) is 6.66. The zero-order chi connectivity index (χ0) is 14.0. The number of rotatable bonds is 3. The van der Waals surface area contributed by atoms with E-state index in [0.29, 0.717) is 16.0 Å². The van der Waals surface area contributed by atoms with Crippen LogP contribution in [0.1, 0.15) is 44.6 Å². The highest BCUT2D eigenvalue weighted by atomic mass is 35.5. The monoisotopic (exact) mass is 299 g/mol. The second kappa shape index (κ2) is 6.03. The van der Waals surface area contributed by atoms with Gasteiger partial charge in [-0.1, -0.05) is 48.5 Å². The minimum atomic E-state index is 0.0364. The Balaban J connectivity index is 2.39. The lowest BCUT2D eigenvalue weighted by molar-refractivity contribution is 0.0689. The minimum absolute atomic E-state index is 0.0364. The molecular weight excluding hydrogens is 277 g/mol. The van der Waals surface area contributed by atoms with Crippen LogP contribution in [0, 0.1) is 5.92 Å². The van der Waals surface area contributed by atoms with Crippen LogP contribution in [0.15, 0.2) is 18.2 Å². The number of nitrogens with zero attached hydrogens (tertiary/aromatic N) is 1. The van der Waals surface area contributed by atoms with Crippen molar-refractivity contribution in [2.45, 2.75) is 44.6 Å². The van der Waals surface area contributed by atoms with Gasteiger partial charge in [0.1, 0.15) is 0 Å². The summed E-state index contributed by atoms with van der Waals surface area (Å²) in [4.78, 5) is 2.34. The van der Waals surface area contributed by atoms with Crippen molar-refractivity contribution in [2.24, 2.45) is 5.92 Å². The van der Waals surface area contributed by atoms with E-state index in [0.717, 1.165) is 0 Å². The van der Waals surface area contributed by atoms with Crippen LogP contribution in [0.3, 0.4) is 0 Å². The van der Waals surface area contributed by atoms with Gasteiger partial charge < -0.3 is 0 Å². The Hall–Kier alpha value is -0.240. The van der Waals surface area contributed by atoms with Crippen LogP contribution < -0.4 is 0 Å². The van der Waals surface area contributed by atoms with Gasteiger partial charge in [-0.2, -0.15) is 0 Å². The molecule has 1 aliphatic rings. The van der Waals surface area contributed by atoms with Gasteiger partial charge >= 0.3 is 0 Å². The predicted octanol–water partition coefficient (Wildman–Crippen LogP) is 5.35. The van der Waals surface area contributed by atoms with E-state index >= 15 is 0 Å². The summed E-state index contributed by atoms with van der Waals surface area (Å²) in [5.41, 5.74) is 1.31. The smallest absolute Gasteiger partial charge is 0.0595 e. The van der Waals surface area contributed by atoms with Crippen LogP contribution in [0.25, 0.3) is 0 Å². The Morgan fingerprint density at radius 1 is 1.05 bits per heavy atom. The molecule has 3 heteroatoms. The van der Waals surface area contributed by atoms with E-state index in [-0.39, 0.29) is 5.54 Å². The molecule has 1 nitrogen and oxygen atoms in total. The molecule has 1 aromatic rings. The Labute approximate surface area is 126 Å². The summed E-state index contributed by atoms with van der Waals surface area (Å²) in [5, 5.41) is 1.29. The number of hydrogen-bond donors (Lipinski definition) is 0. The molecule has 1 atom stereocenters. The van der Waals surface area contributed by atoms with Gasteiger partial charge in [-0.25, -0.2) is 0 Å². The lowest BCUT2D eigenvalue weighted by atomic mass is 9.71. The van der Waals surface area contributed by atoms with E-state index < -0.39 is 0 Å². The summed E-state index contributed by atoms with van der Waals surface area (Å²) in [6.45, 7) is 2.34. The number of benzene rings is 1. The maximum atomic E-state index is 6.21. The quantitative estimate of drug-likeness (QED) is 0.727. The SMILES string of the molecule is CN(C)C(C)(c1ccc(Cl)c(Cl)c1)C1CCCCC1. The largest absolute Gasteiger partial charge is 0.300 e. The van der Waals surface area contributed by atoms with Crippen molar-refractivity contribution >= 4 is 23.2 Å². The van der Waals surface area contributed by atoms with Crippen molar-refractivity contribution in [1.29, 1.82) is 0 Å². The van der Waals surface area contributed by atoms with Crippen molar-refractivity contribution in [1.82, 2.24) is 4.90 Å². The average molecular weight is 300 g/mol. The van der Waals surface area contributed by atoms with Crippen LogP contribution in [-0.2, 0) is 5.54 Å². The second-order valence-electron chi connectivity index (χ2n) is 6.01. The Morgan fingerprint density at radius 2 is 1.68 bits per heavy atom. The molecule has 106 valence electrons. The third kappa shape index (κ3) is 2.94. The van der Waals surface area contributed by atoms with E-state index in [1.807, 2.05) is 12.1 Å². The van der Waals surface area contributed by atoms with E-state index in [1.54, 1.807) is 0 Å². The standard InChI is InChI=1S/C16H23Cl2N/c1-16(19(2)3,12-7-5-4-6-8-12)13-9-10-14(17)15(18)11-13/h9-12H,4-8H2,1-3H3. The molecule has 0 spiro atoms. The Morgan fingerprint density at radius 3 is 2.21 bits per heavy atom. The van der Waals surface area contributed by atoms with Gasteiger partial charge in [0.05, 0.1) is 10.0 Å². The summed E-state index contributed by atoms with van der Waals surface area (Å²) in [5.74, 6) is 0.688. The third-order valence-corrected chi connectivity index (χ3v) is 5.57. The van der Waals surface area contributed by atoms with Gasteiger partial charge in [-0.05, 0) is 57.5 Å². The summed E-state index contributed by atoms with van der Waals surface area (Å²) in [7, 11) is 4.33. The minimum Gasteiger partial charge on any atom is -0.300 e. The average Bonchev–Trinajstić information content (AvgIpc) is 2.41. The molecule has 0 heterocycles. The molecule has 0 aromatic heterocycles.